The van der Waals surface area contributed by atoms with Gasteiger partial charge in [-0.1, -0.05) is 0 Å². The van der Waals surface area contributed by atoms with Crippen LogP contribution in [0, 0.1) is 0 Å². The zero-order valence-electron chi connectivity index (χ0n) is 9.76. The van der Waals surface area contributed by atoms with Crippen molar-refractivity contribution in [2.24, 2.45) is 0 Å². The van der Waals surface area contributed by atoms with Crippen LogP contribution in [-0.2, 0) is 4.79 Å². The Kier molecular flexibility index (Phi) is 3.45. The summed E-state index contributed by atoms with van der Waals surface area (Å²) in [5.74, 6) is -1.34. The summed E-state index contributed by atoms with van der Waals surface area (Å²) in [6.07, 6.45) is 3.09. The molecule has 1 aliphatic carbocycles. The van der Waals surface area contributed by atoms with Crippen LogP contribution in [0.15, 0.2) is 23.1 Å². The van der Waals surface area contributed by atoms with Crippen molar-refractivity contribution >= 4 is 11.9 Å². The van der Waals surface area contributed by atoms with E-state index in [2.05, 4.69) is 4.98 Å². The fourth-order valence-electron chi connectivity index (χ4n) is 1.80. The van der Waals surface area contributed by atoms with Crippen molar-refractivity contribution in [3.05, 3.63) is 34.2 Å². The number of hydrogen-bond acceptors (Lipinski definition) is 3. The van der Waals surface area contributed by atoms with Gasteiger partial charge in [-0.25, -0.2) is 0 Å². The van der Waals surface area contributed by atoms with Crippen molar-refractivity contribution < 1.29 is 14.7 Å². The lowest BCUT2D eigenvalue weighted by atomic mass is 10.2. The Morgan fingerprint density at radius 2 is 2.17 bits per heavy atom. The number of carboxylic acids is 1. The molecule has 6 nitrogen and oxygen atoms in total. The molecule has 0 aliphatic heterocycles. The monoisotopic (exact) mass is 250 g/mol. The molecule has 1 heterocycles. The third-order valence-corrected chi connectivity index (χ3v) is 2.86. The summed E-state index contributed by atoms with van der Waals surface area (Å²) >= 11 is 0. The number of amides is 1. The normalized spacial score (nSPS) is 14.2. The molecule has 1 amide bonds. The molecule has 0 saturated heterocycles. The molecule has 1 aliphatic rings. The van der Waals surface area contributed by atoms with Crippen molar-refractivity contribution in [2.45, 2.75) is 25.3 Å². The molecule has 0 unspecified atom stereocenters. The van der Waals surface area contributed by atoms with Crippen LogP contribution >= 0.6 is 0 Å². The smallest absolute Gasteiger partial charge is 0.305 e. The first-order valence-corrected chi connectivity index (χ1v) is 5.80. The minimum Gasteiger partial charge on any atom is -0.481 e. The van der Waals surface area contributed by atoms with Gasteiger partial charge in [-0.15, -0.1) is 0 Å². The zero-order chi connectivity index (χ0) is 13.1. The molecule has 96 valence electrons. The summed E-state index contributed by atoms with van der Waals surface area (Å²) in [5.41, 5.74) is -0.377. The number of nitrogens with zero attached hydrogens (tertiary/aromatic N) is 1. The number of rotatable bonds is 5. The van der Waals surface area contributed by atoms with E-state index in [1.54, 1.807) is 6.07 Å². The molecule has 0 atom stereocenters. The SMILES string of the molecule is O=C(O)CCN(C(=O)c1ccc[nH]c1=O)C1CC1. The summed E-state index contributed by atoms with van der Waals surface area (Å²) in [5, 5.41) is 8.67. The van der Waals surface area contributed by atoms with Crippen LogP contribution in [-0.4, -0.2) is 39.5 Å². The number of aliphatic carboxylic acids is 1. The molecular weight excluding hydrogens is 236 g/mol. The Labute approximate surface area is 103 Å². The second-order valence-corrected chi connectivity index (χ2v) is 4.29. The van der Waals surface area contributed by atoms with Gasteiger partial charge in [-0.3, -0.25) is 14.4 Å². The Morgan fingerprint density at radius 3 is 2.72 bits per heavy atom. The third kappa shape index (κ3) is 2.77. The van der Waals surface area contributed by atoms with Crippen molar-refractivity contribution in [3.8, 4) is 0 Å². The van der Waals surface area contributed by atoms with Gasteiger partial charge in [0.1, 0.15) is 5.56 Å². The number of pyridine rings is 1. The molecule has 18 heavy (non-hydrogen) atoms. The van der Waals surface area contributed by atoms with E-state index in [9.17, 15) is 14.4 Å². The first-order valence-electron chi connectivity index (χ1n) is 5.80. The molecule has 0 aromatic carbocycles. The van der Waals surface area contributed by atoms with Crippen LogP contribution in [0.3, 0.4) is 0 Å². The Hall–Kier alpha value is -2.11. The van der Waals surface area contributed by atoms with Crippen LogP contribution in [0.1, 0.15) is 29.6 Å². The fraction of sp³-hybridized carbons (Fsp3) is 0.417. The van der Waals surface area contributed by atoms with Gasteiger partial charge < -0.3 is 15.0 Å². The number of nitrogens with one attached hydrogen (secondary N) is 1. The lowest BCUT2D eigenvalue weighted by Gasteiger charge is -2.21. The third-order valence-electron chi connectivity index (χ3n) is 2.86. The number of carbonyl (C=O) groups is 2. The van der Waals surface area contributed by atoms with E-state index in [-0.39, 0.29) is 30.5 Å². The van der Waals surface area contributed by atoms with Crippen molar-refractivity contribution in [1.29, 1.82) is 0 Å². The highest BCUT2D eigenvalue weighted by Gasteiger charge is 2.33. The molecule has 6 heteroatoms. The predicted octanol–water partition coefficient (Wildman–Crippen LogP) is 0.454. The van der Waals surface area contributed by atoms with Gasteiger partial charge in [-0.2, -0.15) is 0 Å². The lowest BCUT2D eigenvalue weighted by Crippen LogP contribution is -2.37. The second kappa shape index (κ2) is 5.03. The van der Waals surface area contributed by atoms with Gasteiger partial charge in [0.15, 0.2) is 0 Å². The summed E-state index contributed by atoms with van der Waals surface area (Å²) in [6, 6.07) is 3.12. The molecule has 1 aromatic heterocycles. The molecular formula is C12H14N2O4. The van der Waals surface area contributed by atoms with Gasteiger partial charge >= 0.3 is 5.97 Å². The van der Waals surface area contributed by atoms with Crippen molar-refractivity contribution in [2.75, 3.05) is 6.54 Å². The highest BCUT2D eigenvalue weighted by Crippen LogP contribution is 2.27. The van der Waals surface area contributed by atoms with Crippen LogP contribution in [0.5, 0.6) is 0 Å². The van der Waals surface area contributed by atoms with Gasteiger partial charge in [0.2, 0.25) is 0 Å². The minimum atomic E-state index is -0.949. The number of hydrogen-bond donors (Lipinski definition) is 2. The maximum Gasteiger partial charge on any atom is 0.305 e. The standard InChI is InChI=1S/C12H14N2O4/c15-10(16)5-7-14(8-3-4-8)12(18)9-2-1-6-13-11(9)17/h1-2,6,8H,3-5,7H2,(H,13,17)(H,15,16). The Bertz CT molecular complexity index is 519. The highest BCUT2D eigenvalue weighted by molar-refractivity contribution is 5.94. The number of carboxylic acid groups (broad SMARTS) is 1. The Morgan fingerprint density at radius 1 is 1.44 bits per heavy atom. The molecule has 0 radical (unpaired) electrons. The molecule has 1 saturated carbocycles. The number of H-pyrrole nitrogens is 1. The predicted molar refractivity (Wildman–Crippen MR) is 63.4 cm³/mol. The largest absolute Gasteiger partial charge is 0.481 e. The lowest BCUT2D eigenvalue weighted by molar-refractivity contribution is -0.137. The van der Waals surface area contributed by atoms with E-state index in [4.69, 9.17) is 5.11 Å². The molecule has 0 bridgehead atoms. The number of aromatic amines is 1. The Balaban J connectivity index is 2.16. The first-order chi connectivity index (χ1) is 8.59. The van der Waals surface area contributed by atoms with Crippen LogP contribution < -0.4 is 5.56 Å². The fourth-order valence-corrected chi connectivity index (χ4v) is 1.80. The van der Waals surface area contributed by atoms with E-state index < -0.39 is 11.5 Å². The summed E-state index contributed by atoms with van der Waals surface area (Å²) in [7, 11) is 0. The van der Waals surface area contributed by atoms with Crippen molar-refractivity contribution in [3.63, 3.8) is 0 Å². The van der Waals surface area contributed by atoms with E-state index >= 15 is 0 Å². The summed E-state index contributed by atoms with van der Waals surface area (Å²) < 4.78 is 0. The van der Waals surface area contributed by atoms with Gasteiger partial charge in [0, 0.05) is 18.8 Å². The topological polar surface area (TPSA) is 90.5 Å². The average molecular weight is 250 g/mol. The van der Waals surface area contributed by atoms with E-state index in [0.29, 0.717) is 0 Å². The number of aromatic nitrogens is 1. The van der Waals surface area contributed by atoms with Crippen LogP contribution in [0.25, 0.3) is 0 Å². The summed E-state index contributed by atoms with van der Waals surface area (Å²) in [6.45, 7) is 0.146. The average Bonchev–Trinajstić information content (AvgIpc) is 3.13. The zero-order valence-corrected chi connectivity index (χ0v) is 9.76. The van der Waals surface area contributed by atoms with Crippen LogP contribution in [0.4, 0.5) is 0 Å². The summed E-state index contributed by atoms with van der Waals surface area (Å²) in [4.78, 5) is 38.2. The molecule has 0 spiro atoms. The maximum atomic E-state index is 12.2. The van der Waals surface area contributed by atoms with E-state index in [1.807, 2.05) is 0 Å². The molecule has 2 rings (SSSR count). The number of carbonyl (C=O) groups excluding carboxylic acids is 1. The first kappa shape index (κ1) is 12.3. The van der Waals surface area contributed by atoms with Gasteiger partial charge in [0.25, 0.3) is 11.5 Å². The molecule has 1 aromatic rings. The van der Waals surface area contributed by atoms with Gasteiger partial charge in [-0.05, 0) is 25.0 Å². The van der Waals surface area contributed by atoms with Gasteiger partial charge in [0.05, 0.1) is 6.42 Å². The van der Waals surface area contributed by atoms with E-state index in [0.717, 1.165) is 12.8 Å². The second-order valence-electron chi connectivity index (χ2n) is 4.29. The minimum absolute atomic E-state index is 0.0646. The molecule has 1 fully saturated rings. The molecule has 2 N–H and O–H groups in total. The highest BCUT2D eigenvalue weighted by atomic mass is 16.4. The van der Waals surface area contributed by atoms with Crippen molar-refractivity contribution in [1.82, 2.24) is 9.88 Å². The quantitative estimate of drug-likeness (QED) is 0.794. The van der Waals surface area contributed by atoms with Crippen LogP contribution in [0.2, 0.25) is 0 Å². The maximum absolute atomic E-state index is 12.2. The van der Waals surface area contributed by atoms with E-state index in [1.165, 1.54) is 17.2 Å².